The average Bonchev–Trinajstić information content (AvgIpc) is 2.25. The molecule has 0 saturated carbocycles. The van der Waals surface area contributed by atoms with Crippen molar-refractivity contribution in [1.82, 2.24) is 0 Å². The maximum absolute atomic E-state index is 12.3. The van der Waals surface area contributed by atoms with Crippen molar-refractivity contribution >= 4 is 11.7 Å². The molecule has 0 fully saturated rings. The molecule has 1 aromatic carbocycles. The Balaban J connectivity index is 2.86. The summed E-state index contributed by atoms with van der Waals surface area (Å²) in [5.74, 6) is -1.10. The van der Waals surface area contributed by atoms with Crippen molar-refractivity contribution in [2.45, 2.75) is 13.1 Å². The van der Waals surface area contributed by atoms with Gasteiger partial charge in [0, 0.05) is 12.2 Å². The summed E-state index contributed by atoms with van der Waals surface area (Å²) in [6.45, 7) is 0.763. The monoisotopic (exact) mass is 247 g/mol. The number of hydrogen-bond donors (Lipinski definition) is 1. The number of aromatic carboxylic acids is 1. The van der Waals surface area contributed by atoms with Crippen molar-refractivity contribution < 1.29 is 23.1 Å². The number of carbonyl (C=O) groups is 1. The number of anilines is 1. The van der Waals surface area contributed by atoms with Gasteiger partial charge in [-0.05, 0) is 31.2 Å². The summed E-state index contributed by atoms with van der Waals surface area (Å²) in [6.07, 6.45) is -4.28. The topological polar surface area (TPSA) is 40.5 Å². The van der Waals surface area contributed by atoms with E-state index >= 15 is 0 Å². The zero-order valence-electron chi connectivity index (χ0n) is 9.16. The van der Waals surface area contributed by atoms with Gasteiger partial charge in [-0.15, -0.1) is 0 Å². The zero-order chi connectivity index (χ0) is 13.1. The van der Waals surface area contributed by atoms with Gasteiger partial charge in [0.1, 0.15) is 6.54 Å². The van der Waals surface area contributed by atoms with Crippen molar-refractivity contribution in [2.75, 3.05) is 18.0 Å². The second-order valence-corrected chi connectivity index (χ2v) is 3.48. The van der Waals surface area contributed by atoms with Crippen molar-refractivity contribution in [2.24, 2.45) is 0 Å². The summed E-state index contributed by atoms with van der Waals surface area (Å²) >= 11 is 0. The summed E-state index contributed by atoms with van der Waals surface area (Å²) in [5.41, 5.74) is 0.409. The zero-order valence-corrected chi connectivity index (χ0v) is 9.16. The highest BCUT2D eigenvalue weighted by atomic mass is 19.4. The Kier molecular flexibility index (Phi) is 3.98. The molecule has 0 aliphatic carbocycles. The Hall–Kier alpha value is -1.72. The summed E-state index contributed by atoms with van der Waals surface area (Å²) in [6, 6.07) is 5.32. The lowest BCUT2D eigenvalue weighted by Crippen LogP contribution is -2.34. The molecule has 0 saturated heterocycles. The summed E-state index contributed by atoms with van der Waals surface area (Å²) < 4.78 is 36.8. The maximum atomic E-state index is 12.3. The van der Waals surface area contributed by atoms with Crippen LogP contribution in [0.15, 0.2) is 24.3 Å². The minimum atomic E-state index is -4.28. The van der Waals surface area contributed by atoms with Crippen LogP contribution in [0.5, 0.6) is 0 Å². The minimum absolute atomic E-state index is 0.0526. The molecule has 6 heteroatoms. The Labute approximate surface area is 96.5 Å². The van der Waals surface area contributed by atoms with Crippen LogP contribution < -0.4 is 4.90 Å². The lowest BCUT2D eigenvalue weighted by atomic mass is 10.2. The first kappa shape index (κ1) is 13.3. The highest BCUT2D eigenvalue weighted by molar-refractivity contribution is 5.88. The fourth-order valence-electron chi connectivity index (χ4n) is 1.42. The fraction of sp³-hybridized carbons (Fsp3) is 0.364. The van der Waals surface area contributed by atoms with Crippen LogP contribution in [0.4, 0.5) is 18.9 Å². The third kappa shape index (κ3) is 3.97. The summed E-state index contributed by atoms with van der Waals surface area (Å²) in [4.78, 5) is 11.7. The predicted molar refractivity (Wildman–Crippen MR) is 57.3 cm³/mol. The third-order valence-corrected chi connectivity index (χ3v) is 2.23. The smallest absolute Gasteiger partial charge is 0.405 e. The van der Waals surface area contributed by atoms with Crippen molar-refractivity contribution in [3.05, 3.63) is 29.8 Å². The number of alkyl halides is 3. The van der Waals surface area contributed by atoms with Crippen LogP contribution in [0, 0.1) is 0 Å². The molecular formula is C11H12F3NO2. The van der Waals surface area contributed by atoms with Gasteiger partial charge in [0.25, 0.3) is 0 Å². The molecule has 1 aromatic rings. The molecule has 0 aromatic heterocycles. The van der Waals surface area contributed by atoms with E-state index < -0.39 is 18.7 Å². The van der Waals surface area contributed by atoms with E-state index in [1.165, 1.54) is 24.3 Å². The number of hydrogen-bond acceptors (Lipinski definition) is 2. The van der Waals surface area contributed by atoms with Crippen LogP contribution >= 0.6 is 0 Å². The lowest BCUT2D eigenvalue weighted by molar-refractivity contribution is -0.119. The number of benzene rings is 1. The van der Waals surface area contributed by atoms with Gasteiger partial charge in [-0.3, -0.25) is 0 Å². The van der Waals surface area contributed by atoms with Gasteiger partial charge < -0.3 is 10.0 Å². The summed E-state index contributed by atoms with van der Waals surface area (Å²) in [5, 5.41) is 8.66. The van der Waals surface area contributed by atoms with Crippen molar-refractivity contribution in [3.63, 3.8) is 0 Å². The van der Waals surface area contributed by atoms with Crippen molar-refractivity contribution in [1.29, 1.82) is 0 Å². The highest BCUT2D eigenvalue weighted by Gasteiger charge is 2.30. The molecular weight excluding hydrogens is 235 g/mol. The van der Waals surface area contributed by atoms with E-state index in [1.807, 2.05) is 0 Å². The number of halogens is 3. The van der Waals surface area contributed by atoms with Gasteiger partial charge >= 0.3 is 12.1 Å². The number of carboxylic acid groups (broad SMARTS) is 1. The van der Waals surface area contributed by atoms with Crippen LogP contribution in [-0.2, 0) is 0 Å². The Morgan fingerprint density at radius 1 is 1.29 bits per heavy atom. The Bertz CT molecular complexity index is 387. The summed E-state index contributed by atoms with van der Waals surface area (Å²) in [7, 11) is 0. The van der Waals surface area contributed by atoms with Crippen LogP contribution in [0.25, 0.3) is 0 Å². The van der Waals surface area contributed by atoms with E-state index in [0.717, 1.165) is 4.90 Å². The molecule has 3 nitrogen and oxygen atoms in total. The fourth-order valence-corrected chi connectivity index (χ4v) is 1.42. The average molecular weight is 247 g/mol. The van der Waals surface area contributed by atoms with Gasteiger partial charge in [-0.25, -0.2) is 4.79 Å². The van der Waals surface area contributed by atoms with E-state index in [4.69, 9.17) is 5.11 Å². The number of carboxylic acids is 1. The van der Waals surface area contributed by atoms with E-state index in [-0.39, 0.29) is 12.1 Å². The van der Waals surface area contributed by atoms with E-state index in [0.29, 0.717) is 5.69 Å². The highest BCUT2D eigenvalue weighted by Crippen LogP contribution is 2.22. The van der Waals surface area contributed by atoms with Gasteiger partial charge in [-0.2, -0.15) is 13.2 Å². The second kappa shape index (κ2) is 5.07. The molecule has 0 heterocycles. The van der Waals surface area contributed by atoms with Gasteiger partial charge in [-0.1, -0.05) is 0 Å². The third-order valence-electron chi connectivity index (χ3n) is 2.23. The molecule has 0 amide bonds. The van der Waals surface area contributed by atoms with E-state index in [2.05, 4.69) is 0 Å². The number of rotatable bonds is 4. The normalized spacial score (nSPS) is 11.3. The minimum Gasteiger partial charge on any atom is -0.478 e. The Morgan fingerprint density at radius 3 is 2.18 bits per heavy atom. The first-order valence-electron chi connectivity index (χ1n) is 4.98. The van der Waals surface area contributed by atoms with Gasteiger partial charge in [0.05, 0.1) is 5.56 Å². The molecule has 0 bridgehead atoms. The number of nitrogens with zero attached hydrogens (tertiary/aromatic N) is 1. The van der Waals surface area contributed by atoms with Crippen LogP contribution in [-0.4, -0.2) is 30.3 Å². The first-order chi connectivity index (χ1) is 7.83. The molecule has 1 rings (SSSR count). The quantitative estimate of drug-likeness (QED) is 0.889. The molecule has 0 unspecified atom stereocenters. The molecule has 0 radical (unpaired) electrons. The van der Waals surface area contributed by atoms with Gasteiger partial charge in [0.2, 0.25) is 0 Å². The van der Waals surface area contributed by atoms with Crippen molar-refractivity contribution in [3.8, 4) is 0 Å². The molecule has 1 N–H and O–H groups in total. The first-order valence-corrected chi connectivity index (χ1v) is 4.98. The largest absolute Gasteiger partial charge is 0.478 e. The van der Waals surface area contributed by atoms with Gasteiger partial charge in [0.15, 0.2) is 0 Å². The van der Waals surface area contributed by atoms with Crippen LogP contribution in [0.3, 0.4) is 0 Å². The second-order valence-electron chi connectivity index (χ2n) is 3.48. The lowest BCUT2D eigenvalue weighted by Gasteiger charge is -2.24. The molecule has 0 aliphatic rings. The molecule has 94 valence electrons. The maximum Gasteiger partial charge on any atom is 0.405 e. The molecule has 17 heavy (non-hydrogen) atoms. The molecule has 0 spiro atoms. The molecule has 0 aliphatic heterocycles. The standard InChI is InChI=1S/C11H12F3NO2/c1-2-15(7-11(12,13)14)9-5-3-8(4-6-9)10(16)17/h3-6H,2,7H2,1H3,(H,16,17). The SMILES string of the molecule is CCN(CC(F)(F)F)c1ccc(C(=O)O)cc1. The molecule has 0 atom stereocenters. The van der Waals surface area contributed by atoms with E-state index in [1.54, 1.807) is 6.92 Å². The van der Waals surface area contributed by atoms with Crippen LogP contribution in [0.1, 0.15) is 17.3 Å². The Morgan fingerprint density at radius 2 is 1.82 bits per heavy atom. The van der Waals surface area contributed by atoms with E-state index in [9.17, 15) is 18.0 Å². The predicted octanol–water partition coefficient (Wildman–Crippen LogP) is 2.77. The van der Waals surface area contributed by atoms with Crippen LogP contribution in [0.2, 0.25) is 0 Å².